The van der Waals surface area contributed by atoms with Crippen molar-refractivity contribution < 1.29 is 28.8 Å². The highest BCUT2D eigenvalue weighted by atomic mass is 17.3. The normalized spacial score (nSPS) is 8.88. The van der Waals surface area contributed by atoms with Crippen molar-refractivity contribution in [3.63, 3.8) is 0 Å². The summed E-state index contributed by atoms with van der Waals surface area (Å²) in [6, 6.07) is 0. The van der Waals surface area contributed by atoms with Gasteiger partial charge in [0.25, 0.3) is 0 Å². The number of hydrogen-bond acceptors (Lipinski definition) is 6. The molecule has 0 radical (unpaired) electrons. The van der Waals surface area contributed by atoms with E-state index in [0.717, 1.165) is 0 Å². The second kappa shape index (κ2) is 7.33. The second-order valence-electron chi connectivity index (χ2n) is 3.16. The molecule has 0 amide bonds. The van der Waals surface area contributed by atoms with Crippen LogP contribution in [0.5, 0.6) is 0 Å². The molecule has 0 aliphatic carbocycles. The minimum Gasteiger partial charge on any atom is -0.427 e. The molecular weight excluding hydrogens is 216 g/mol. The Kier molecular flexibility index (Phi) is 6.42. The van der Waals surface area contributed by atoms with Gasteiger partial charge in [0.05, 0.1) is 0 Å². The highest BCUT2D eigenvalue weighted by Gasteiger charge is 2.11. The molecule has 0 saturated heterocycles. The summed E-state index contributed by atoms with van der Waals surface area (Å²) in [5, 5.41) is 0. The van der Waals surface area contributed by atoms with Gasteiger partial charge in [-0.15, -0.1) is 0 Å². The molecule has 0 heterocycles. The van der Waals surface area contributed by atoms with E-state index in [0.29, 0.717) is 11.1 Å². The fraction of sp³-hybridized carbons (Fsp3) is 0.400. The Morgan fingerprint density at radius 1 is 0.875 bits per heavy atom. The fourth-order valence-electron chi connectivity index (χ4n) is 0.480. The quantitative estimate of drug-likeness (QED) is 0.319. The molecule has 6 heteroatoms. The van der Waals surface area contributed by atoms with Crippen LogP contribution in [0.15, 0.2) is 24.3 Å². The zero-order valence-corrected chi connectivity index (χ0v) is 9.28. The van der Waals surface area contributed by atoms with E-state index in [1.165, 1.54) is 0 Å². The fourth-order valence-corrected chi connectivity index (χ4v) is 0.480. The molecule has 0 saturated carbocycles. The molecular formula is C10H14O6. The van der Waals surface area contributed by atoms with E-state index in [9.17, 15) is 9.59 Å². The van der Waals surface area contributed by atoms with Crippen LogP contribution in [-0.4, -0.2) is 25.5 Å². The van der Waals surface area contributed by atoms with Gasteiger partial charge in [0.1, 0.15) is 13.2 Å². The van der Waals surface area contributed by atoms with E-state index in [2.05, 4.69) is 32.4 Å². The van der Waals surface area contributed by atoms with Gasteiger partial charge in [-0.25, -0.2) is 0 Å². The van der Waals surface area contributed by atoms with Crippen LogP contribution in [0.3, 0.4) is 0 Å². The Morgan fingerprint density at radius 2 is 1.19 bits per heavy atom. The molecule has 0 aliphatic rings. The summed E-state index contributed by atoms with van der Waals surface area (Å²) in [7, 11) is 0. The molecule has 0 spiro atoms. The summed E-state index contributed by atoms with van der Waals surface area (Å²) in [4.78, 5) is 29.5. The third-order valence-corrected chi connectivity index (χ3v) is 1.05. The molecule has 0 aromatic heterocycles. The predicted molar refractivity (Wildman–Crippen MR) is 54.5 cm³/mol. The van der Waals surface area contributed by atoms with Crippen molar-refractivity contribution in [2.45, 2.75) is 13.8 Å². The molecule has 0 fully saturated rings. The first-order chi connectivity index (χ1) is 7.41. The van der Waals surface area contributed by atoms with Gasteiger partial charge in [-0.3, -0.25) is 0 Å². The van der Waals surface area contributed by atoms with Gasteiger partial charge in [-0.1, -0.05) is 13.2 Å². The van der Waals surface area contributed by atoms with Crippen molar-refractivity contribution in [3.8, 4) is 0 Å². The molecule has 0 unspecified atom stereocenters. The lowest BCUT2D eigenvalue weighted by Gasteiger charge is -2.04. The average Bonchev–Trinajstić information content (AvgIpc) is 2.20. The summed E-state index contributed by atoms with van der Waals surface area (Å²) in [5.41, 5.74) is 1.25. The number of hydrogen-bond donors (Lipinski definition) is 0. The van der Waals surface area contributed by atoms with E-state index in [4.69, 9.17) is 0 Å². The Labute approximate surface area is 93.4 Å². The first-order valence-corrected chi connectivity index (χ1v) is 4.38. The molecule has 0 rings (SSSR count). The van der Waals surface area contributed by atoms with E-state index in [1.54, 1.807) is 13.8 Å². The standard InChI is InChI=1S/C10H14O6/c1-7(2)5-13-9(11)15-16-10(12)14-6-8(3)4/h1,3,5-6H2,2,4H3. The van der Waals surface area contributed by atoms with Crippen LogP contribution in [0.1, 0.15) is 13.8 Å². The van der Waals surface area contributed by atoms with Crippen molar-refractivity contribution in [2.24, 2.45) is 0 Å². The van der Waals surface area contributed by atoms with E-state index in [1.807, 2.05) is 0 Å². The largest absolute Gasteiger partial charge is 0.550 e. The highest BCUT2D eigenvalue weighted by Crippen LogP contribution is 1.96. The van der Waals surface area contributed by atoms with Crippen LogP contribution in [0.2, 0.25) is 0 Å². The molecule has 6 nitrogen and oxygen atoms in total. The van der Waals surface area contributed by atoms with Crippen LogP contribution in [0.4, 0.5) is 9.59 Å². The van der Waals surface area contributed by atoms with Crippen LogP contribution >= 0.6 is 0 Å². The summed E-state index contributed by atoms with van der Waals surface area (Å²) >= 11 is 0. The molecule has 90 valence electrons. The maximum atomic E-state index is 10.8. The van der Waals surface area contributed by atoms with Crippen LogP contribution in [-0.2, 0) is 19.2 Å². The number of ether oxygens (including phenoxy) is 2. The van der Waals surface area contributed by atoms with E-state index < -0.39 is 12.3 Å². The second-order valence-corrected chi connectivity index (χ2v) is 3.16. The van der Waals surface area contributed by atoms with Crippen molar-refractivity contribution in [1.29, 1.82) is 0 Å². The number of carbonyl (C=O) groups excluding carboxylic acids is 2. The minimum atomic E-state index is -1.14. The van der Waals surface area contributed by atoms with Gasteiger partial charge >= 0.3 is 12.3 Å². The summed E-state index contributed by atoms with van der Waals surface area (Å²) < 4.78 is 8.94. The lowest BCUT2D eigenvalue weighted by molar-refractivity contribution is -0.216. The third-order valence-electron chi connectivity index (χ3n) is 1.05. The Balaban J connectivity index is 3.63. The summed E-state index contributed by atoms with van der Waals surface area (Å²) in [6.45, 7) is 10.3. The van der Waals surface area contributed by atoms with Gasteiger partial charge in [-0.2, -0.15) is 19.4 Å². The van der Waals surface area contributed by atoms with Crippen molar-refractivity contribution in [2.75, 3.05) is 13.2 Å². The van der Waals surface area contributed by atoms with E-state index in [-0.39, 0.29) is 13.2 Å². The van der Waals surface area contributed by atoms with Gasteiger partial charge in [-0.05, 0) is 25.0 Å². The maximum absolute atomic E-state index is 10.8. The lowest BCUT2D eigenvalue weighted by atomic mass is 10.4. The minimum absolute atomic E-state index is 0.0109. The summed E-state index contributed by atoms with van der Waals surface area (Å²) in [6.07, 6.45) is -2.29. The molecule has 0 atom stereocenters. The van der Waals surface area contributed by atoms with Crippen LogP contribution in [0.25, 0.3) is 0 Å². The highest BCUT2D eigenvalue weighted by molar-refractivity contribution is 5.63. The molecule has 0 bridgehead atoms. The van der Waals surface area contributed by atoms with Crippen LogP contribution in [0, 0.1) is 0 Å². The van der Waals surface area contributed by atoms with Crippen LogP contribution < -0.4 is 0 Å². The monoisotopic (exact) mass is 230 g/mol. The third kappa shape index (κ3) is 8.61. The van der Waals surface area contributed by atoms with E-state index >= 15 is 0 Å². The first kappa shape index (κ1) is 14.0. The zero-order chi connectivity index (χ0) is 12.6. The summed E-state index contributed by atoms with van der Waals surface area (Å²) in [5.74, 6) is 0. The smallest absolute Gasteiger partial charge is 0.427 e. The molecule has 0 aromatic rings. The van der Waals surface area contributed by atoms with Gasteiger partial charge in [0, 0.05) is 0 Å². The van der Waals surface area contributed by atoms with Crippen molar-refractivity contribution in [3.05, 3.63) is 24.3 Å². The molecule has 0 aromatic carbocycles. The predicted octanol–water partition coefficient (Wildman–Crippen LogP) is 2.36. The molecule has 0 N–H and O–H groups in total. The lowest BCUT2D eigenvalue weighted by Crippen LogP contribution is -2.15. The maximum Gasteiger partial charge on any atom is 0.550 e. The van der Waals surface area contributed by atoms with Gasteiger partial charge in [0.2, 0.25) is 0 Å². The Morgan fingerprint density at radius 3 is 1.44 bits per heavy atom. The topological polar surface area (TPSA) is 71.1 Å². The Bertz CT molecular complexity index is 264. The van der Waals surface area contributed by atoms with Crippen molar-refractivity contribution in [1.82, 2.24) is 0 Å². The SMILES string of the molecule is C=C(C)COC(=O)OOC(=O)OCC(=C)C. The molecule has 16 heavy (non-hydrogen) atoms. The van der Waals surface area contributed by atoms with Gasteiger partial charge < -0.3 is 9.47 Å². The van der Waals surface area contributed by atoms with Gasteiger partial charge in [0.15, 0.2) is 0 Å². The molecule has 0 aliphatic heterocycles. The Hall–Kier alpha value is -1.98. The first-order valence-electron chi connectivity index (χ1n) is 4.38. The number of rotatable bonds is 4. The average molecular weight is 230 g/mol. The number of carbonyl (C=O) groups is 2. The van der Waals surface area contributed by atoms with Crippen molar-refractivity contribution >= 4 is 12.3 Å². The zero-order valence-electron chi connectivity index (χ0n) is 9.28.